The Labute approximate surface area is 102 Å². The second-order valence-electron chi connectivity index (χ2n) is 3.93. The third-order valence-corrected chi connectivity index (χ3v) is 3.97. The second-order valence-corrected chi connectivity index (χ2v) is 5.01. The van der Waals surface area contributed by atoms with Crippen molar-refractivity contribution in [3.63, 3.8) is 0 Å². The van der Waals surface area contributed by atoms with Crippen molar-refractivity contribution in [3.05, 3.63) is 29.6 Å². The normalized spacial score (nSPS) is 14.8. The Kier molecular flexibility index (Phi) is 5.80. The molecule has 90 valence electrons. The number of pyridine rings is 1. The maximum Gasteiger partial charge on any atom is 0.0564 e. The topological polar surface area (TPSA) is 45.1 Å². The highest BCUT2D eigenvalue weighted by Gasteiger charge is 2.14. The molecule has 4 heteroatoms. The first kappa shape index (κ1) is 13.5. The molecule has 1 aromatic rings. The minimum atomic E-state index is 0.210. The zero-order valence-electron chi connectivity index (χ0n) is 10.1. The number of hydrogen-bond acceptors (Lipinski definition) is 4. The Bertz CT molecular complexity index is 316. The predicted octanol–water partition coefficient (Wildman–Crippen LogP) is 1.59. The lowest BCUT2D eigenvalue weighted by molar-refractivity contribution is 0.276. The number of aromatic nitrogens is 1. The van der Waals surface area contributed by atoms with Crippen molar-refractivity contribution in [2.75, 3.05) is 12.9 Å². The lowest BCUT2D eigenvalue weighted by Crippen LogP contribution is -2.37. The van der Waals surface area contributed by atoms with E-state index in [4.69, 9.17) is 0 Å². The summed E-state index contributed by atoms with van der Waals surface area (Å²) >= 11 is 1.69. The predicted molar refractivity (Wildman–Crippen MR) is 69.7 cm³/mol. The van der Waals surface area contributed by atoms with Crippen LogP contribution in [0.5, 0.6) is 0 Å². The van der Waals surface area contributed by atoms with Crippen molar-refractivity contribution < 1.29 is 5.11 Å². The fourth-order valence-electron chi connectivity index (χ4n) is 1.52. The van der Waals surface area contributed by atoms with Gasteiger partial charge in [0.25, 0.3) is 0 Å². The van der Waals surface area contributed by atoms with Crippen LogP contribution in [0.15, 0.2) is 18.5 Å². The molecule has 2 unspecified atom stereocenters. The van der Waals surface area contributed by atoms with Crippen LogP contribution >= 0.6 is 11.8 Å². The summed E-state index contributed by atoms with van der Waals surface area (Å²) in [6, 6.07) is 2.30. The molecule has 0 radical (unpaired) electrons. The summed E-state index contributed by atoms with van der Waals surface area (Å²) in [5, 5.41) is 12.8. The van der Waals surface area contributed by atoms with Gasteiger partial charge in [0.15, 0.2) is 0 Å². The van der Waals surface area contributed by atoms with Crippen LogP contribution in [0.4, 0.5) is 0 Å². The van der Waals surface area contributed by atoms with E-state index in [0.717, 1.165) is 6.54 Å². The summed E-state index contributed by atoms with van der Waals surface area (Å²) in [5.41, 5.74) is 2.46. The fraction of sp³-hybridized carbons (Fsp3) is 0.583. The molecule has 0 bridgehead atoms. The van der Waals surface area contributed by atoms with Crippen molar-refractivity contribution in [1.82, 2.24) is 10.3 Å². The van der Waals surface area contributed by atoms with Crippen LogP contribution in [-0.2, 0) is 6.54 Å². The lowest BCUT2D eigenvalue weighted by Gasteiger charge is -2.21. The molecule has 0 saturated carbocycles. The SMILES string of the molecule is CSC(CO)C(C)NCc1cnccc1C. The number of hydrogen-bond donors (Lipinski definition) is 2. The Morgan fingerprint density at radius 1 is 1.56 bits per heavy atom. The largest absolute Gasteiger partial charge is 0.395 e. The summed E-state index contributed by atoms with van der Waals surface area (Å²) in [6.45, 7) is 5.20. The molecule has 0 aliphatic rings. The average Bonchev–Trinajstić information content (AvgIpc) is 2.29. The highest BCUT2D eigenvalue weighted by Crippen LogP contribution is 2.11. The van der Waals surface area contributed by atoms with Gasteiger partial charge in [-0.15, -0.1) is 0 Å². The highest BCUT2D eigenvalue weighted by molar-refractivity contribution is 7.99. The molecule has 3 nitrogen and oxygen atoms in total. The van der Waals surface area contributed by atoms with E-state index in [1.54, 1.807) is 18.0 Å². The molecule has 2 atom stereocenters. The third kappa shape index (κ3) is 3.77. The molecule has 1 rings (SSSR count). The molecular formula is C12H20N2OS. The summed E-state index contributed by atoms with van der Waals surface area (Å²) in [4.78, 5) is 4.11. The lowest BCUT2D eigenvalue weighted by atomic mass is 10.1. The van der Waals surface area contributed by atoms with Crippen molar-refractivity contribution >= 4 is 11.8 Å². The number of nitrogens with one attached hydrogen (secondary N) is 1. The molecule has 0 spiro atoms. The number of thioether (sulfide) groups is 1. The van der Waals surface area contributed by atoms with Crippen molar-refractivity contribution in [1.29, 1.82) is 0 Å². The molecular weight excluding hydrogens is 220 g/mol. The first-order valence-electron chi connectivity index (χ1n) is 5.45. The van der Waals surface area contributed by atoms with Gasteiger partial charge < -0.3 is 10.4 Å². The third-order valence-electron chi connectivity index (χ3n) is 2.80. The summed E-state index contributed by atoms with van der Waals surface area (Å²) in [5.74, 6) is 0. The Hall–Kier alpha value is -0.580. The first-order valence-corrected chi connectivity index (χ1v) is 6.74. The smallest absolute Gasteiger partial charge is 0.0564 e. The number of nitrogens with zero attached hydrogens (tertiary/aromatic N) is 1. The van der Waals surface area contributed by atoms with Crippen molar-refractivity contribution in [3.8, 4) is 0 Å². The first-order chi connectivity index (χ1) is 7.69. The molecule has 16 heavy (non-hydrogen) atoms. The van der Waals surface area contributed by atoms with E-state index in [1.807, 2.05) is 18.5 Å². The van der Waals surface area contributed by atoms with Crippen LogP contribution in [0, 0.1) is 6.92 Å². The number of aliphatic hydroxyl groups excluding tert-OH is 1. The van der Waals surface area contributed by atoms with E-state index in [2.05, 4.69) is 24.1 Å². The van der Waals surface area contributed by atoms with Gasteiger partial charge >= 0.3 is 0 Å². The quantitative estimate of drug-likeness (QED) is 0.792. The van der Waals surface area contributed by atoms with Gasteiger partial charge in [-0.3, -0.25) is 4.98 Å². The Morgan fingerprint density at radius 3 is 2.88 bits per heavy atom. The molecule has 0 aromatic carbocycles. The number of aliphatic hydroxyl groups is 1. The number of rotatable bonds is 6. The zero-order valence-corrected chi connectivity index (χ0v) is 10.9. The van der Waals surface area contributed by atoms with Gasteiger partial charge in [0, 0.05) is 30.2 Å². The van der Waals surface area contributed by atoms with E-state index in [1.165, 1.54) is 11.1 Å². The van der Waals surface area contributed by atoms with Crippen molar-refractivity contribution in [2.45, 2.75) is 31.7 Å². The Morgan fingerprint density at radius 2 is 2.31 bits per heavy atom. The van der Waals surface area contributed by atoms with Gasteiger partial charge in [0.2, 0.25) is 0 Å². The van der Waals surface area contributed by atoms with Gasteiger partial charge in [-0.2, -0.15) is 11.8 Å². The average molecular weight is 240 g/mol. The van der Waals surface area contributed by atoms with E-state index < -0.39 is 0 Å². The molecule has 2 N–H and O–H groups in total. The molecule has 0 saturated heterocycles. The molecule has 0 aliphatic heterocycles. The van der Waals surface area contributed by atoms with Gasteiger partial charge in [0.1, 0.15) is 0 Å². The van der Waals surface area contributed by atoms with Crippen LogP contribution in [0.3, 0.4) is 0 Å². The standard InChI is InChI=1S/C12H20N2OS/c1-9-4-5-13-6-11(9)7-14-10(2)12(8-15)16-3/h4-6,10,12,14-15H,7-8H2,1-3H3. The Balaban J connectivity index is 2.48. The van der Waals surface area contributed by atoms with Gasteiger partial charge in [0.05, 0.1) is 6.61 Å². The van der Waals surface area contributed by atoms with Crippen molar-refractivity contribution in [2.24, 2.45) is 0 Å². The maximum atomic E-state index is 9.18. The highest BCUT2D eigenvalue weighted by atomic mass is 32.2. The minimum Gasteiger partial charge on any atom is -0.395 e. The summed E-state index contributed by atoms with van der Waals surface area (Å²) < 4.78 is 0. The minimum absolute atomic E-state index is 0.210. The molecule has 1 aromatic heterocycles. The maximum absolute atomic E-state index is 9.18. The number of aryl methyl sites for hydroxylation is 1. The van der Waals surface area contributed by atoms with E-state index in [-0.39, 0.29) is 11.9 Å². The molecule has 0 fully saturated rings. The van der Waals surface area contributed by atoms with Gasteiger partial charge in [-0.05, 0) is 37.3 Å². The molecule has 1 heterocycles. The van der Waals surface area contributed by atoms with Crippen LogP contribution in [-0.4, -0.2) is 34.2 Å². The molecule has 0 aliphatic carbocycles. The summed E-state index contributed by atoms with van der Waals surface area (Å²) in [6.07, 6.45) is 5.72. The van der Waals surface area contributed by atoms with Gasteiger partial charge in [-0.25, -0.2) is 0 Å². The van der Waals surface area contributed by atoms with Crippen LogP contribution in [0.1, 0.15) is 18.1 Å². The van der Waals surface area contributed by atoms with E-state index in [9.17, 15) is 5.11 Å². The monoisotopic (exact) mass is 240 g/mol. The zero-order chi connectivity index (χ0) is 12.0. The second kappa shape index (κ2) is 6.89. The van der Waals surface area contributed by atoms with Crippen LogP contribution in [0.25, 0.3) is 0 Å². The van der Waals surface area contributed by atoms with Gasteiger partial charge in [-0.1, -0.05) is 0 Å². The molecule has 0 amide bonds. The van der Waals surface area contributed by atoms with E-state index in [0.29, 0.717) is 6.04 Å². The van der Waals surface area contributed by atoms with Crippen LogP contribution in [0.2, 0.25) is 0 Å². The fourth-order valence-corrected chi connectivity index (χ4v) is 2.17. The van der Waals surface area contributed by atoms with Crippen LogP contribution < -0.4 is 5.32 Å². The van der Waals surface area contributed by atoms with E-state index >= 15 is 0 Å². The summed E-state index contributed by atoms with van der Waals surface area (Å²) in [7, 11) is 0.